The number of carbonyl (C=O) groups is 1. The second-order valence-corrected chi connectivity index (χ2v) is 10.7. The normalized spacial score (nSPS) is 17.5. The zero-order valence-corrected chi connectivity index (χ0v) is 23.8. The first-order valence-electron chi connectivity index (χ1n) is 14.2. The highest BCUT2D eigenvalue weighted by Crippen LogP contribution is 2.38. The number of benzene rings is 1. The van der Waals surface area contributed by atoms with Crippen molar-refractivity contribution in [1.82, 2.24) is 20.1 Å². The lowest BCUT2D eigenvalue weighted by Crippen LogP contribution is -2.55. The van der Waals surface area contributed by atoms with Crippen LogP contribution in [0.2, 0.25) is 0 Å². The first-order valence-corrected chi connectivity index (χ1v) is 14.2. The number of pyridine rings is 1. The number of anilines is 2. The third-order valence-electron chi connectivity index (χ3n) is 7.58. The first-order chi connectivity index (χ1) is 21.4. The van der Waals surface area contributed by atoms with Crippen LogP contribution in [0.4, 0.5) is 37.8 Å². The van der Waals surface area contributed by atoms with Gasteiger partial charge in [0.1, 0.15) is 5.56 Å². The van der Waals surface area contributed by atoms with E-state index in [1.807, 2.05) is 4.90 Å². The van der Waals surface area contributed by atoms with Gasteiger partial charge in [-0.3, -0.25) is 9.59 Å². The number of rotatable bonds is 9. The van der Waals surface area contributed by atoms with Crippen LogP contribution in [-0.2, 0) is 28.3 Å². The molecule has 1 aromatic carbocycles. The number of hydrogen-bond donors (Lipinski definition) is 2. The van der Waals surface area contributed by atoms with Crippen LogP contribution in [0.5, 0.6) is 5.75 Å². The maximum absolute atomic E-state index is 13.6. The van der Waals surface area contributed by atoms with Gasteiger partial charge < -0.3 is 24.6 Å². The SMILES string of the molecule is O=C(CCOCC(Cc1ccccc1)Nc1cn[nH]c(=O)c1C(F)(F)F)N1CCN2c3ncc(C(F)(F)F)cc3OCCC2C1. The van der Waals surface area contributed by atoms with Gasteiger partial charge in [-0.1, -0.05) is 30.3 Å². The largest absolute Gasteiger partial charge is 0.490 e. The Morgan fingerprint density at radius 1 is 1.11 bits per heavy atom. The molecule has 1 amide bonds. The van der Waals surface area contributed by atoms with E-state index in [0.29, 0.717) is 31.9 Å². The Hall–Kier alpha value is -4.34. The Morgan fingerprint density at radius 3 is 2.62 bits per heavy atom. The Morgan fingerprint density at radius 2 is 1.89 bits per heavy atom. The van der Waals surface area contributed by atoms with Crippen LogP contribution in [0.15, 0.2) is 53.6 Å². The van der Waals surface area contributed by atoms with E-state index in [9.17, 15) is 35.9 Å². The predicted octanol–water partition coefficient (Wildman–Crippen LogP) is 4.13. The molecular weight excluding hydrogens is 610 g/mol. The molecule has 0 bridgehead atoms. The molecule has 45 heavy (non-hydrogen) atoms. The van der Waals surface area contributed by atoms with Gasteiger partial charge >= 0.3 is 12.4 Å². The third kappa shape index (κ3) is 7.85. The summed E-state index contributed by atoms with van der Waals surface area (Å²) in [7, 11) is 0. The summed E-state index contributed by atoms with van der Waals surface area (Å²) in [6.07, 6.45) is -7.05. The van der Waals surface area contributed by atoms with Gasteiger partial charge in [0.25, 0.3) is 5.56 Å². The Labute approximate surface area is 253 Å². The minimum absolute atomic E-state index is 0.00538. The van der Waals surface area contributed by atoms with E-state index < -0.39 is 40.8 Å². The topological polar surface area (TPSA) is 113 Å². The number of aromatic nitrogens is 3. The Balaban J connectivity index is 1.18. The Bertz CT molecular complexity index is 1530. The van der Waals surface area contributed by atoms with Crippen molar-refractivity contribution in [3.8, 4) is 5.75 Å². The molecule has 2 atom stereocenters. The number of amides is 1. The number of aromatic amines is 1. The zero-order valence-electron chi connectivity index (χ0n) is 23.8. The monoisotopic (exact) mass is 640 g/mol. The summed E-state index contributed by atoms with van der Waals surface area (Å²) in [6.45, 7) is 1.06. The third-order valence-corrected chi connectivity index (χ3v) is 7.58. The van der Waals surface area contributed by atoms with Gasteiger partial charge in [0.05, 0.1) is 55.8 Å². The lowest BCUT2D eigenvalue weighted by atomic mass is 10.1. The fraction of sp³-hybridized carbons (Fsp3) is 0.448. The standard InChI is InChI=1S/C29H30F6N6O4/c30-28(31,32)19-13-23-26(36-14-19)41-9-8-40(16-21(41)6-11-45-23)24(42)7-10-44-17-20(12-18-4-2-1-3-5-18)38-22-15-37-39-27(43)25(22)29(33,34)35/h1-5,13-15,20-21H,6-12,16-17H2,(H2,38,39,43). The number of ether oxygens (including phenoxy) is 2. The summed E-state index contributed by atoms with van der Waals surface area (Å²) in [5, 5.41) is 8.05. The molecule has 0 spiro atoms. The second kappa shape index (κ2) is 13.3. The van der Waals surface area contributed by atoms with Crippen molar-refractivity contribution in [2.75, 3.05) is 49.7 Å². The van der Waals surface area contributed by atoms with Crippen LogP contribution in [0.25, 0.3) is 0 Å². The van der Waals surface area contributed by atoms with E-state index >= 15 is 0 Å². The van der Waals surface area contributed by atoms with Crippen molar-refractivity contribution in [3.63, 3.8) is 0 Å². The summed E-state index contributed by atoms with van der Waals surface area (Å²) in [4.78, 5) is 32.5. The molecule has 1 fully saturated rings. The van der Waals surface area contributed by atoms with Gasteiger partial charge in [0, 0.05) is 32.3 Å². The van der Waals surface area contributed by atoms with Crippen LogP contribution in [0.3, 0.4) is 0 Å². The highest BCUT2D eigenvalue weighted by atomic mass is 19.4. The van der Waals surface area contributed by atoms with Gasteiger partial charge in [-0.25, -0.2) is 10.1 Å². The highest BCUT2D eigenvalue weighted by Gasteiger charge is 2.38. The van der Waals surface area contributed by atoms with Crippen LogP contribution in [0.1, 0.15) is 29.5 Å². The van der Waals surface area contributed by atoms with E-state index in [1.54, 1.807) is 40.3 Å². The van der Waals surface area contributed by atoms with Crippen molar-refractivity contribution in [1.29, 1.82) is 0 Å². The van der Waals surface area contributed by atoms with Gasteiger partial charge in [0.15, 0.2) is 11.6 Å². The van der Waals surface area contributed by atoms with Gasteiger partial charge in [-0.05, 0) is 18.1 Å². The number of hydrogen-bond acceptors (Lipinski definition) is 8. The van der Waals surface area contributed by atoms with Crippen molar-refractivity contribution < 1.29 is 40.6 Å². The lowest BCUT2D eigenvalue weighted by molar-refractivity contribution is -0.138. The summed E-state index contributed by atoms with van der Waals surface area (Å²) in [6, 6.07) is 9.03. The first kappa shape index (κ1) is 32.1. The van der Waals surface area contributed by atoms with E-state index in [1.165, 1.54) is 0 Å². The number of carbonyl (C=O) groups excluding carboxylic acids is 1. The lowest BCUT2D eigenvalue weighted by Gasteiger charge is -2.41. The summed E-state index contributed by atoms with van der Waals surface area (Å²) >= 11 is 0. The average Bonchev–Trinajstić information content (AvgIpc) is 3.17. The van der Waals surface area contributed by atoms with E-state index in [2.05, 4.69) is 15.4 Å². The minimum Gasteiger partial charge on any atom is -0.490 e. The Kier molecular flexibility index (Phi) is 9.51. The molecule has 16 heteroatoms. The summed E-state index contributed by atoms with van der Waals surface area (Å²) in [5.41, 5.74) is -3.33. The maximum Gasteiger partial charge on any atom is 0.423 e. The molecule has 2 N–H and O–H groups in total. The molecule has 2 aliphatic rings. The number of H-pyrrole nitrogens is 1. The molecule has 242 valence electrons. The molecular formula is C29H30F6N6O4. The zero-order chi connectivity index (χ0) is 32.2. The molecule has 0 saturated carbocycles. The van der Waals surface area contributed by atoms with E-state index in [0.717, 1.165) is 24.0 Å². The van der Waals surface area contributed by atoms with Crippen LogP contribution in [-0.4, -0.2) is 77.5 Å². The average molecular weight is 641 g/mol. The molecule has 0 aliphatic carbocycles. The minimum atomic E-state index is -4.92. The number of halogens is 6. The van der Waals surface area contributed by atoms with Crippen LogP contribution >= 0.6 is 0 Å². The molecule has 10 nitrogen and oxygen atoms in total. The second-order valence-electron chi connectivity index (χ2n) is 10.7. The molecule has 5 rings (SSSR count). The number of nitrogens with one attached hydrogen (secondary N) is 2. The van der Waals surface area contributed by atoms with Crippen LogP contribution < -0.4 is 20.5 Å². The van der Waals surface area contributed by atoms with E-state index in [-0.39, 0.29) is 50.4 Å². The van der Waals surface area contributed by atoms with Crippen molar-refractivity contribution in [2.45, 2.75) is 43.7 Å². The van der Waals surface area contributed by atoms with Gasteiger partial charge in [-0.2, -0.15) is 31.4 Å². The molecule has 0 radical (unpaired) electrons. The molecule has 1 saturated heterocycles. The van der Waals surface area contributed by atoms with Crippen LogP contribution in [0, 0.1) is 0 Å². The number of nitrogens with zero attached hydrogens (tertiary/aromatic N) is 4. The van der Waals surface area contributed by atoms with E-state index in [4.69, 9.17) is 9.47 Å². The molecule has 2 aromatic heterocycles. The smallest absolute Gasteiger partial charge is 0.423 e. The summed E-state index contributed by atoms with van der Waals surface area (Å²) in [5.74, 6) is 0.158. The van der Waals surface area contributed by atoms with Crippen molar-refractivity contribution >= 4 is 17.4 Å². The highest BCUT2D eigenvalue weighted by molar-refractivity contribution is 5.76. The molecule has 4 heterocycles. The quantitative estimate of drug-likeness (QED) is 0.265. The fourth-order valence-corrected chi connectivity index (χ4v) is 5.43. The maximum atomic E-state index is 13.6. The molecule has 3 aromatic rings. The summed E-state index contributed by atoms with van der Waals surface area (Å²) < 4.78 is 91.6. The van der Waals surface area contributed by atoms with Crippen molar-refractivity contribution in [2.24, 2.45) is 0 Å². The predicted molar refractivity (Wildman–Crippen MR) is 150 cm³/mol. The number of alkyl halides is 6. The number of fused-ring (bicyclic) bond motifs is 3. The van der Waals surface area contributed by atoms with Gasteiger partial charge in [0.2, 0.25) is 5.91 Å². The molecule has 2 aliphatic heterocycles. The molecule has 2 unspecified atom stereocenters. The van der Waals surface area contributed by atoms with Gasteiger partial charge in [-0.15, -0.1) is 0 Å². The van der Waals surface area contributed by atoms with Crippen molar-refractivity contribution in [3.05, 3.63) is 75.8 Å². The fourth-order valence-electron chi connectivity index (χ4n) is 5.43. The number of piperazine rings is 1.